The summed E-state index contributed by atoms with van der Waals surface area (Å²) in [6.45, 7) is 3.06. The van der Waals surface area contributed by atoms with Crippen molar-refractivity contribution >= 4 is 10.0 Å². The molecule has 2 rings (SSSR count). The lowest BCUT2D eigenvalue weighted by Crippen LogP contribution is -2.28. The van der Waals surface area contributed by atoms with Gasteiger partial charge < -0.3 is 4.74 Å². The number of methoxy groups -OCH3 is 1. The summed E-state index contributed by atoms with van der Waals surface area (Å²) in [7, 11) is -1.74. The van der Waals surface area contributed by atoms with Crippen molar-refractivity contribution in [1.29, 1.82) is 0 Å². The lowest BCUT2D eigenvalue weighted by Gasteiger charge is -2.17. The van der Waals surface area contributed by atoms with Crippen LogP contribution in [0, 0.1) is 6.92 Å². The molecule has 0 unspecified atom stereocenters. The highest BCUT2D eigenvalue weighted by Gasteiger charge is 2.28. The van der Waals surface area contributed by atoms with Gasteiger partial charge in [0.05, 0.1) is 12.0 Å². The van der Waals surface area contributed by atoms with E-state index in [1.807, 2.05) is 0 Å². The fourth-order valence-electron chi connectivity index (χ4n) is 2.11. The molecule has 1 saturated heterocycles. The molecule has 0 aliphatic carbocycles. The predicted octanol–water partition coefficient (Wildman–Crippen LogP) is 1.79. The van der Waals surface area contributed by atoms with E-state index >= 15 is 0 Å². The Morgan fingerprint density at radius 3 is 2.41 bits per heavy atom. The highest BCUT2D eigenvalue weighted by Crippen LogP contribution is 2.26. The Hall–Kier alpha value is -1.07. The first-order valence-electron chi connectivity index (χ1n) is 5.70. The second-order valence-corrected chi connectivity index (χ2v) is 6.15. The van der Waals surface area contributed by atoms with Gasteiger partial charge in [-0.05, 0) is 43.5 Å². The molecule has 0 N–H and O–H groups in total. The minimum atomic E-state index is -3.32. The number of nitrogens with zero attached hydrogens (tertiary/aromatic N) is 1. The second-order valence-electron chi connectivity index (χ2n) is 4.24. The van der Waals surface area contributed by atoms with E-state index in [1.54, 1.807) is 36.5 Å². The summed E-state index contributed by atoms with van der Waals surface area (Å²) in [5, 5.41) is 0. The molecule has 0 saturated carbocycles. The molecule has 0 spiro atoms. The van der Waals surface area contributed by atoms with Gasteiger partial charge in [0.2, 0.25) is 10.0 Å². The summed E-state index contributed by atoms with van der Waals surface area (Å²) < 4.78 is 31.3. The van der Waals surface area contributed by atoms with Gasteiger partial charge in [0, 0.05) is 13.1 Å². The zero-order valence-corrected chi connectivity index (χ0v) is 11.0. The molecule has 0 atom stereocenters. The smallest absolute Gasteiger partial charge is 0.243 e. The molecule has 1 fully saturated rings. The largest absolute Gasteiger partial charge is 0.497 e. The average Bonchev–Trinajstić information content (AvgIpc) is 2.82. The molecular weight excluding hydrogens is 238 g/mol. The normalized spacial score (nSPS) is 17.3. The number of aryl methyl sites for hydroxylation is 1. The van der Waals surface area contributed by atoms with Crippen molar-refractivity contribution in [3.05, 3.63) is 23.8 Å². The summed E-state index contributed by atoms with van der Waals surface area (Å²) in [5.74, 6) is 0.683. The molecule has 1 aromatic rings. The first-order valence-corrected chi connectivity index (χ1v) is 7.14. The SMILES string of the molecule is COc1ccc(S(=O)(=O)N2CCCC2)c(C)c1. The van der Waals surface area contributed by atoms with Gasteiger partial charge >= 0.3 is 0 Å². The Labute approximate surface area is 102 Å². The van der Waals surface area contributed by atoms with Crippen LogP contribution in [0.2, 0.25) is 0 Å². The highest BCUT2D eigenvalue weighted by atomic mass is 32.2. The van der Waals surface area contributed by atoms with Crippen LogP contribution in [0.25, 0.3) is 0 Å². The molecule has 1 aliphatic heterocycles. The molecule has 0 bridgehead atoms. The van der Waals surface area contributed by atoms with Crippen molar-refractivity contribution in [2.45, 2.75) is 24.7 Å². The fourth-order valence-corrected chi connectivity index (χ4v) is 3.83. The van der Waals surface area contributed by atoms with Gasteiger partial charge in [-0.1, -0.05) is 0 Å². The molecular formula is C12H17NO3S. The van der Waals surface area contributed by atoms with Crippen LogP contribution in [-0.4, -0.2) is 32.9 Å². The van der Waals surface area contributed by atoms with Crippen LogP contribution < -0.4 is 4.74 Å². The summed E-state index contributed by atoms with van der Waals surface area (Å²) in [6.07, 6.45) is 1.91. The maximum absolute atomic E-state index is 12.3. The Morgan fingerprint density at radius 2 is 1.88 bits per heavy atom. The third-order valence-corrected chi connectivity index (χ3v) is 5.12. The Morgan fingerprint density at radius 1 is 1.24 bits per heavy atom. The minimum Gasteiger partial charge on any atom is -0.497 e. The van der Waals surface area contributed by atoms with Crippen LogP contribution in [0.1, 0.15) is 18.4 Å². The number of hydrogen-bond acceptors (Lipinski definition) is 3. The van der Waals surface area contributed by atoms with E-state index in [4.69, 9.17) is 4.74 Å². The van der Waals surface area contributed by atoms with Crippen LogP contribution in [0.15, 0.2) is 23.1 Å². The van der Waals surface area contributed by atoms with E-state index in [0.29, 0.717) is 23.7 Å². The zero-order chi connectivity index (χ0) is 12.5. The summed E-state index contributed by atoms with van der Waals surface area (Å²) in [4.78, 5) is 0.389. The maximum Gasteiger partial charge on any atom is 0.243 e. The van der Waals surface area contributed by atoms with Crippen LogP contribution in [0.5, 0.6) is 5.75 Å². The molecule has 5 heteroatoms. The first kappa shape index (κ1) is 12.4. The van der Waals surface area contributed by atoms with Gasteiger partial charge in [-0.2, -0.15) is 4.31 Å². The van der Waals surface area contributed by atoms with E-state index in [9.17, 15) is 8.42 Å². The van der Waals surface area contributed by atoms with Gasteiger partial charge in [-0.3, -0.25) is 0 Å². The summed E-state index contributed by atoms with van der Waals surface area (Å²) in [6, 6.07) is 5.07. The number of rotatable bonds is 3. The molecule has 0 radical (unpaired) electrons. The third kappa shape index (κ3) is 2.30. The van der Waals surface area contributed by atoms with Gasteiger partial charge in [-0.15, -0.1) is 0 Å². The van der Waals surface area contributed by atoms with E-state index < -0.39 is 10.0 Å². The van der Waals surface area contributed by atoms with Crippen molar-refractivity contribution in [3.8, 4) is 5.75 Å². The zero-order valence-electron chi connectivity index (χ0n) is 10.1. The fraction of sp³-hybridized carbons (Fsp3) is 0.500. The molecule has 0 aromatic heterocycles. The Bertz CT molecular complexity index is 504. The molecule has 1 aliphatic rings. The molecule has 0 amide bonds. The van der Waals surface area contributed by atoms with Crippen LogP contribution in [0.4, 0.5) is 0 Å². The average molecular weight is 255 g/mol. The van der Waals surface area contributed by atoms with Crippen molar-refractivity contribution in [1.82, 2.24) is 4.31 Å². The van der Waals surface area contributed by atoms with Crippen molar-refractivity contribution in [2.75, 3.05) is 20.2 Å². The predicted molar refractivity (Wildman–Crippen MR) is 65.7 cm³/mol. The van der Waals surface area contributed by atoms with Crippen LogP contribution in [-0.2, 0) is 10.0 Å². The van der Waals surface area contributed by atoms with E-state index in [2.05, 4.69) is 0 Å². The molecule has 94 valence electrons. The molecule has 1 aromatic carbocycles. The van der Waals surface area contributed by atoms with E-state index in [1.165, 1.54) is 0 Å². The molecule has 17 heavy (non-hydrogen) atoms. The van der Waals surface area contributed by atoms with Crippen molar-refractivity contribution in [3.63, 3.8) is 0 Å². The Balaban J connectivity index is 2.39. The summed E-state index contributed by atoms with van der Waals surface area (Å²) >= 11 is 0. The lowest BCUT2D eigenvalue weighted by molar-refractivity contribution is 0.414. The van der Waals surface area contributed by atoms with Gasteiger partial charge in [0.25, 0.3) is 0 Å². The number of hydrogen-bond donors (Lipinski definition) is 0. The lowest BCUT2D eigenvalue weighted by atomic mass is 10.2. The van der Waals surface area contributed by atoms with Gasteiger partial charge in [0.15, 0.2) is 0 Å². The summed E-state index contributed by atoms with van der Waals surface area (Å²) in [5.41, 5.74) is 0.733. The van der Waals surface area contributed by atoms with Gasteiger partial charge in [0.1, 0.15) is 5.75 Å². The number of ether oxygens (including phenoxy) is 1. The van der Waals surface area contributed by atoms with E-state index in [-0.39, 0.29) is 0 Å². The number of benzene rings is 1. The Kier molecular flexibility index (Phi) is 3.40. The van der Waals surface area contributed by atoms with E-state index in [0.717, 1.165) is 18.4 Å². The standard InChI is InChI=1S/C12H17NO3S/c1-10-9-11(16-2)5-6-12(10)17(14,15)13-7-3-4-8-13/h5-6,9H,3-4,7-8H2,1-2H3. The van der Waals surface area contributed by atoms with Crippen LogP contribution >= 0.6 is 0 Å². The van der Waals surface area contributed by atoms with Gasteiger partial charge in [-0.25, -0.2) is 8.42 Å². The molecule has 4 nitrogen and oxygen atoms in total. The quantitative estimate of drug-likeness (QED) is 0.827. The van der Waals surface area contributed by atoms with Crippen LogP contribution in [0.3, 0.4) is 0 Å². The maximum atomic E-state index is 12.3. The minimum absolute atomic E-state index is 0.389. The third-order valence-electron chi connectivity index (χ3n) is 3.06. The monoisotopic (exact) mass is 255 g/mol. The number of sulfonamides is 1. The first-order chi connectivity index (χ1) is 8.05. The topological polar surface area (TPSA) is 46.6 Å². The highest BCUT2D eigenvalue weighted by molar-refractivity contribution is 7.89. The van der Waals surface area contributed by atoms with Crippen molar-refractivity contribution in [2.24, 2.45) is 0 Å². The van der Waals surface area contributed by atoms with Crippen molar-refractivity contribution < 1.29 is 13.2 Å². The second kappa shape index (κ2) is 4.66. The molecule has 1 heterocycles.